The van der Waals surface area contributed by atoms with Gasteiger partial charge in [0.05, 0.1) is 12.1 Å². The first-order chi connectivity index (χ1) is 10.3. The number of fused-ring (bicyclic) bond motifs is 1. The van der Waals surface area contributed by atoms with Gasteiger partial charge in [-0.1, -0.05) is 0 Å². The van der Waals surface area contributed by atoms with E-state index in [1.165, 1.54) is 5.56 Å². The van der Waals surface area contributed by atoms with Gasteiger partial charge >= 0.3 is 0 Å². The summed E-state index contributed by atoms with van der Waals surface area (Å²) in [4.78, 5) is 0. The molecular formula is C16H26N2O4. The van der Waals surface area contributed by atoms with Crippen molar-refractivity contribution < 1.29 is 19.3 Å². The first-order valence-electron chi connectivity index (χ1n) is 7.64. The van der Waals surface area contributed by atoms with Gasteiger partial charge in [0, 0.05) is 11.4 Å². The lowest BCUT2D eigenvalue weighted by molar-refractivity contribution is -0.278. The Kier molecular flexibility index (Phi) is 5.63. The van der Waals surface area contributed by atoms with Crippen molar-refractivity contribution in [1.29, 1.82) is 0 Å². The van der Waals surface area contributed by atoms with Crippen LogP contribution in [0.2, 0.25) is 0 Å². The van der Waals surface area contributed by atoms with E-state index in [0.717, 1.165) is 17.8 Å². The zero-order valence-electron chi connectivity index (χ0n) is 13.6. The van der Waals surface area contributed by atoms with E-state index in [1.54, 1.807) is 13.8 Å². The van der Waals surface area contributed by atoms with Crippen LogP contribution in [0.15, 0.2) is 18.2 Å². The molecule has 1 aromatic carbocycles. The topological polar surface area (TPSA) is 86.0 Å². The number of aliphatic hydroxyl groups is 1. The van der Waals surface area contributed by atoms with Crippen molar-refractivity contribution in [2.75, 3.05) is 11.1 Å². The highest BCUT2D eigenvalue weighted by Crippen LogP contribution is 2.29. The van der Waals surface area contributed by atoms with Crippen molar-refractivity contribution >= 4 is 11.4 Å². The van der Waals surface area contributed by atoms with Crippen LogP contribution in [0.4, 0.5) is 11.4 Å². The monoisotopic (exact) mass is 310 g/mol. The summed E-state index contributed by atoms with van der Waals surface area (Å²) in [5.74, 6) is 0. The maximum Gasteiger partial charge on any atom is 0.161 e. The minimum Gasteiger partial charge on any atom is -0.399 e. The Hall–Kier alpha value is -1.34. The molecule has 2 rings (SSSR count). The molecule has 0 aliphatic carbocycles. The molecule has 1 heterocycles. The average molecular weight is 310 g/mol. The second-order valence-corrected chi connectivity index (χ2v) is 5.72. The molecule has 5 unspecified atom stereocenters. The fraction of sp³-hybridized carbons (Fsp3) is 0.625. The Morgan fingerprint density at radius 2 is 1.82 bits per heavy atom. The van der Waals surface area contributed by atoms with Gasteiger partial charge < -0.3 is 30.4 Å². The van der Waals surface area contributed by atoms with Crippen LogP contribution in [-0.4, -0.2) is 36.1 Å². The Morgan fingerprint density at radius 3 is 2.50 bits per heavy atom. The SMILES string of the molecule is CC(O)OC(C)OC(C)OC(C)C1Cc2cc(N)ccc2N1. The first-order valence-corrected chi connectivity index (χ1v) is 7.64. The fourth-order valence-electron chi connectivity index (χ4n) is 2.70. The maximum absolute atomic E-state index is 9.15. The third kappa shape index (κ3) is 4.58. The molecule has 0 saturated heterocycles. The van der Waals surface area contributed by atoms with E-state index in [4.69, 9.17) is 25.1 Å². The van der Waals surface area contributed by atoms with Crippen LogP contribution in [-0.2, 0) is 20.6 Å². The molecule has 1 aliphatic rings. The summed E-state index contributed by atoms with van der Waals surface area (Å²) in [6, 6.07) is 6.06. The number of nitrogens with one attached hydrogen (secondary N) is 1. The molecule has 1 aliphatic heterocycles. The number of rotatable bonds is 7. The summed E-state index contributed by atoms with van der Waals surface area (Å²) in [7, 11) is 0. The molecule has 0 spiro atoms. The molecule has 0 bridgehead atoms. The highest BCUT2D eigenvalue weighted by Gasteiger charge is 2.27. The summed E-state index contributed by atoms with van der Waals surface area (Å²) >= 11 is 0. The molecule has 6 heteroatoms. The molecule has 5 atom stereocenters. The number of ether oxygens (including phenoxy) is 3. The molecule has 124 valence electrons. The molecule has 0 amide bonds. The lowest BCUT2D eigenvalue weighted by Crippen LogP contribution is -2.36. The van der Waals surface area contributed by atoms with Crippen LogP contribution in [0.25, 0.3) is 0 Å². The Labute approximate surface area is 131 Å². The Morgan fingerprint density at radius 1 is 1.14 bits per heavy atom. The van der Waals surface area contributed by atoms with Crippen molar-refractivity contribution in [3.63, 3.8) is 0 Å². The predicted octanol–water partition coefficient (Wildman–Crippen LogP) is 2.07. The number of aliphatic hydroxyl groups excluding tert-OH is 1. The summed E-state index contributed by atoms with van der Waals surface area (Å²) in [5, 5.41) is 12.6. The number of anilines is 2. The molecule has 0 aromatic heterocycles. The zero-order chi connectivity index (χ0) is 16.3. The second-order valence-electron chi connectivity index (χ2n) is 5.72. The third-order valence-corrected chi connectivity index (χ3v) is 3.65. The number of nitrogens with two attached hydrogens (primary N) is 1. The second kappa shape index (κ2) is 7.28. The van der Waals surface area contributed by atoms with Gasteiger partial charge in [0.25, 0.3) is 0 Å². The number of nitrogen functional groups attached to an aromatic ring is 1. The lowest BCUT2D eigenvalue weighted by atomic mass is 10.1. The predicted molar refractivity (Wildman–Crippen MR) is 85.3 cm³/mol. The van der Waals surface area contributed by atoms with Gasteiger partial charge in [0.15, 0.2) is 18.9 Å². The van der Waals surface area contributed by atoms with Crippen LogP contribution in [0.1, 0.15) is 33.3 Å². The Balaban J connectivity index is 1.82. The van der Waals surface area contributed by atoms with Crippen molar-refractivity contribution in [2.24, 2.45) is 0 Å². The van der Waals surface area contributed by atoms with E-state index in [-0.39, 0.29) is 12.1 Å². The van der Waals surface area contributed by atoms with Crippen molar-refractivity contribution in [1.82, 2.24) is 0 Å². The van der Waals surface area contributed by atoms with E-state index < -0.39 is 18.9 Å². The number of hydrogen-bond donors (Lipinski definition) is 3. The molecule has 0 saturated carbocycles. The minimum atomic E-state index is -0.865. The molecule has 6 nitrogen and oxygen atoms in total. The van der Waals surface area contributed by atoms with Gasteiger partial charge in [-0.15, -0.1) is 0 Å². The van der Waals surface area contributed by atoms with Crippen molar-refractivity contribution in [3.8, 4) is 0 Å². The van der Waals surface area contributed by atoms with Crippen LogP contribution < -0.4 is 11.1 Å². The van der Waals surface area contributed by atoms with Gasteiger partial charge in [0.2, 0.25) is 0 Å². The van der Waals surface area contributed by atoms with E-state index in [9.17, 15) is 0 Å². The number of benzene rings is 1. The van der Waals surface area contributed by atoms with Gasteiger partial charge in [-0.05, 0) is 57.9 Å². The van der Waals surface area contributed by atoms with Crippen LogP contribution in [0.5, 0.6) is 0 Å². The Bertz CT molecular complexity index is 495. The first kappa shape index (κ1) is 17.0. The molecule has 22 heavy (non-hydrogen) atoms. The van der Waals surface area contributed by atoms with Gasteiger partial charge in [-0.3, -0.25) is 0 Å². The molecule has 0 fully saturated rings. The van der Waals surface area contributed by atoms with E-state index >= 15 is 0 Å². The standard InChI is InChI=1S/C16H26N2O4/c1-9(20-11(3)22-12(4)21-10(2)19)16-8-13-7-14(17)5-6-15(13)18-16/h5-7,9-12,16,18-19H,8,17H2,1-4H3. The molecule has 1 aromatic rings. The van der Waals surface area contributed by atoms with Gasteiger partial charge in [-0.25, -0.2) is 0 Å². The fourth-order valence-corrected chi connectivity index (χ4v) is 2.70. The van der Waals surface area contributed by atoms with Crippen molar-refractivity contribution in [3.05, 3.63) is 23.8 Å². The summed E-state index contributed by atoms with van der Waals surface area (Å²) in [6.45, 7) is 7.09. The van der Waals surface area contributed by atoms with Crippen molar-refractivity contribution in [2.45, 2.75) is 65.1 Å². The van der Waals surface area contributed by atoms with Gasteiger partial charge in [0.1, 0.15) is 0 Å². The third-order valence-electron chi connectivity index (χ3n) is 3.65. The van der Waals surface area contributed by atoms with Crippen LogP contribution >= 0.6 is 0 Å². The van der Waals surface area contributed by atoms with Crippen LogP contribution in [0.3, 0.4) is 0 Å². The minimum absolute atomic E-state index is 0.0395. The largest absolute Gasteiger partial charge is 0.399 e. The quantitative estimate of drug-likeness (QED) is 0.528. The summed E-state index contributed by atoms with van der Waals surface area (Å²) < 4.78 is 16.5. The highest BCUT2D eigenvalue weighted by atomic mass is 16.8. The smallest absolute Gasteiger partial charge is 0.161 e. The van der Waals surface area contributed by atoms with E-state index in [1.807, 2.05) is 32.0 Å². The molecule has 4 N–H and O–H groups in total. The van der Waals surface area contributed by atoms with E-state index in [2.05, 4.69) is 5.32 Å². The average Bonchev–Trinajstić information content (AvgIpc) is 2.80. The summed E-state index contributed by atoms with van der Waals surface area (Å²) in [5.41, 5.74) is 8.90. The molecular weight excluding hydrogens is 284 g/mol. The van der Waals surface area contributed by atoms with Crippen LogP contribution in [0, 0.1) is 0 Å². The maximum atomic E-state index is 9.15. The zero-order valence-corrected chi connectivity index (χ0v) is 13.6. The molecule has 0 radical (unpaired) electrons. The highest BCUT2D eigenvalue weighted by molar-refractivity contribution is 5.62. The van der Waals surface area contributed by atoms with E-state index in [0.29, 0.717) is 0 Å². The number of hydrogen-bond acceptors (Lipinski definition) is 6. The summed E-state index contributed by atoms with van der Waals surface area (Å²) in [6.07, 6.45) is -0.998. The normalized spacial score (nSPS) is 22.5. The lowest BCUT2D eigenvalue weighted by Gasteiger charge is -2.27. The van der Waals surface area contributed by atoms with Gasteiger partial charge in [-0.2, -0.15) is 0 Å².